The summed E-state index contributed by atoms with van der Waals surface area (Å²) >= 11 is 0. The van der Waals surface area contributed by atoms with Crippen LogP contribution in [-0.4, -0.2) is 66.2 Å². The maximum Gasteiger partial charge on any atom is 0.306 e. The van der Waals surface area contributed by atoms with Gasteiger partial charge in [-0.05, 0) is 13.8 Å². The lowest BCUT2D eigenvalue weighted by Gasteiger charge is -2.32. The van der Waals surface area contributed by atoms with Crippen molar-refractivity contribution in [2.24, 2.45) is 0 Å². The van der Waals surface area contributed by atoms with Crippen LogP contribution in [0.15, 0.2) is 0 Å². The minimum absolute atomic E-state index is 0.00371. The quantitative estimate of drug-likeness (QED) is 0.593. The van der Waals surface area contributed by atoms with Crippen LogP contribution >= 0.6 is 0 Å². The number of hydrogen-bond donors (Lipinski definition) is 0. The molecule has 0 unspecified atom stereocenters. The van der Waals surface area contributed by atoms with Gasteiger partial charge in [-0.25, -0.2) is 0 Å². The molecule has 0 aromatic rings. The molecule has 0 aromatic carbocycles. The van der Waals surface area contributed by atoms with Gasteiger partial charge in [0.2, 0.25) is 11.8 Å². The molecule has 20 heavy (non-hydrogen) atoms. The van der Waals surface area contributed by atoms with E-state index in [-0.39, 0.29) is 56.7 Å². The molecule has 0 N–H and O–H groups in total. The van der Waals surface area contributed by atoms with Crippen molar-refractivity contribution in [1.82, 2.24) is 9.80 Å². The molecule has 1 fully saturated rings. The van der Waals surface area contributed by atoms with Crippen molar-refractivity contribution in [3.63, 3.8) is 0 Å². The van der Waals surface area contributed by atoms with Crippen molar-refractivity contribution < 1.29 is 23.9 Å². The number of esters is 1. The minimum atomic E-state index is -0.431. The summed E-state index contributed by atoms with van der Waals surface area (Å²) in [6, 6.07) is 0. The van der Waals surface area contributed by atoms with E-state index >= 15 is 0 Å². The molecule has 0 radical (unpaired) electrons. The first kappa shape index (κ1) is 16.1. The van der Waals surface area contributed by atoms with Gasteiger partial charge in [0.1, 0.15) is 6.54 Å². The molecule has 1 rings (SSSR count). The van der Waals surface area contributed by atoms with Gasteiger partial charge in [0, 0.05) is 13.0 Å². The number of likely N-dealkylation sites (N-methyl/N-ethyl adjacent to an activating group) is 1. The first-order valence-corrected chi connectivity index (χ1v) is 6.70. The first-order chi connectivity index (χ1) is 9.47. The molecule has 0 bridgehead atoms. The summed E-state index contributed by atoms with van der Waals surface area (Å²) in [4.78, 5) is 48.9. The van der Waals surface area contributed by atoms with Crippen molar-refractivity contribution in [3.8, 4) is 0 Å². The SMILES string of the molecule is CCOC(=O)CCC(=O)CN1CC(=O)N(CC)CC1=O. The van der Waals surface area contributed by atoms with Crippen molar-refractivity contribution in [3.05, 3.63) is 0 Å². The van der Waals surface area contributed by atoms with Gasteiger partial charge in [-0.1, -0.05) is 0 Å². The van der Waals surface area contributed by atoms with E-state index in [4.69, 9.17) is 4.74 Å². The maximum atomic E-state index is 11.8. The van der Waals surface area contributed by atoms with Gasteiger partial charge in [-0.2, -0.15) is 0 Å². The average molecular weight is 284 g/mol. The van der Waals surface area contributed by atoms with Crippen LogP contribution in [0.1, 0.15) is 26.7 Å². The highest BCUT2D eigenvalue weighted by Gasteiger charge is 2.29. The van der Waals surface area contributed by atoms with E-state index in [1.165, 1.54) is 9.80 Å². The van der Waals surface area contributed by atoms with Gasteiger partial charge in [-0.3, -0.25) is 19.2 Å². The van der Waals surface area contributed by atoms with Gasteiger partial charge in [-0.15, -0.1) is 0 Å². The Morgan fingerprint density at radius 1 is 1.05 bits per heavy atom. The van der Waals surface area contributed by atoms with E-state index in [9.17, 15) is 19.2 Å². The predicted octanol–water partition coefficient (Wildman–Crippen LogP) is -0.410. The summed E-state index contributed by atoms with van der Waals surface area (Å²) in [5.41, 5.74) is 0. The number of Topliss-reactive ketones (excluding diaryl/α,β-unsaturated/α-hetero) is 1. The lowest BCUT2D eigenvalue weighted by atomic mass is 10.2. The van der Waals surface area contributed by atoms with E-state index in [0.717, 1.165) is 0 Å². The molecule has 1 aliphatic rings. The topological polar surface area (TPSA) is 84.0 Å². The summed E-state index contributed by atoms with van der Waals surface area (Å²) in [7, 11) is 0. The molecular weight excluding hydrogens is 264 g/mol. The van der Waals surface area contributed by atoms with Crippen molar-refractivity contribution >= 4 is 23.6 Å². The Kier molecular flexibility index (Phi) is 6.14. The molecule has 7 nitrogen and oxygen atoms in total. The van der Waals surface area contributed by atoms with Crippen LogP contribution < -0.4 is 0 Å². The fraction of sp³-hybridized carbons (Fsp3) is 0.692. The number of ether oxygens (including phenoxy) is 1. The largest absolute Gasteiger partial charge is 0.466 e. The predicted molar refractivity (Wildman–Crippen MR) is 69.7 cm³/mol. The normalized spacial score (nSPS) is 15.5. The number of rotatable bonds is 7. The van der Waals surface area contributed by atoms with Gasteiger partial charge in [0.25, 0.3) is 0 Å². The highest BCUT2D eigenvalue weighted by atomic mass is 16.5. The third-order valence-corrected chi connectivity index (χ3v) is 3.02. The Balaban J connectivity index is 2.40. The fourth-order valence-corrected chi connectivity index (χ4v) is 1.90. The number of nitrogens with zero attached hydrogens (tertiary/aromatic N) is 2. The van der Waals surface area contributed by atoms with E-state index < -0.39 is 5.97 Å². The van der Waals surface area contributed by atoms with Crippen LogP contribution in [0.4, 0.5) is 0 Å². The summed E-state index contributed by atoms with van der Waals surface area (Å²) in [5, 5.41) is 0. The lowest BCUT2D eigenvalue weighted by Crippen LogP contribution is -2.54. The number of carbonyl (C=O) groups is 4. The van der Waals surface area contributed by atoms with Gasteiger partial charge in [0.05, 0.1) is 26.1 Å². The highest BCUT2D eigenvalue weighted by molar-refractivity contribution is 5.95. The molecule has 1 saturated heterocycles. The Labute approximate surface area is 117 Å². The second-order valence-electron chi connectivity index (χ2n) is 4.50. The number of ketones is 1. The van der Waals surface area contributed by atoms with E-state index in [1.54, 1.807) is 13.8 Å². The molecule has 0 aliphatic carbocycles. The van der Waals surface area contributed by atoms with E-state index in [1.807, 2.05) is 0 Å². The molecule has 0 aromatic heterocycles. The molecule has 7 heteroatoms. The van der Waals surface area contributed by atoms with E-state index in [2.05, 4.69) is 0 Å². The van der Waals surface area contributed by atoms with Crippen LogP contribution in [0.5, 0.6) is 0 Å². The fourth-order valence-electron chi connectivity index (χ4n) is 1.90. The summed E-state index contributed by atoms with van der Waals surface area (Å²) in [5.74, 6) is -1.08. The van der Waals surface area contributed by atoms with Gasteiger partial charge in [0.15, 0.2) is 5.78 Å². The Morgan fingerprint density at radius 3 is 2.25 bits per heavy atom. The molecule has 1 heterocycles. The Bertz CT molecular complexity index is 408. The van der Waals surface area contributed by atoms with Crippen LogP contribution in [-0.2, 0) is 23.9 Å². The molecule has 112 valence electrons. The molecule has 2 amide bonds. The monoisotopic (exact) mass is 284 g/mol. The lowest BCUT2D eigenvalue weighted by molar-refractivity contribution is -0.151. The zero-order chi connectivity index (χ0) is 15.1. The standard InChI is InChI=1S/C13H20N2O5/c1-3-14-8-12(18)15(9-11(14)17)7-10(16)5-6-13(19)20-4-2/h3-9H2,1-2H3. The average Bonchev–Trinajstić information content (AvgIpc) is 2.40. The smallest absolute Gasteiger partial charge is 0.306 e. The van der Waals surface area contributed by atoms with Crippen LogP contribution in [0, 0.1) is 0 Å². The minimum Gasteiger partial charge on any atom is -0.466 e. The van der Waals surface area contributed by atoms with Gasteiger partial charge >= 0.3 is 5.97 Å². The van der Waals surface area contributed by atoms with Crippen LogP contribution in [0.25, 0.3) is 0 Å². The number of amides is 2. The third-order valence-electron chi connectivity index (χ3n) is 3.02. The molecule has 0 atom stereocenters. The zero-order valence-electron chi connectivity index (χ0n) is 11.9. The number of hydrogen-bond acceptors (Lipinski definition) is 5. The first-order valence-electron chi connectivity index (χ1n) is 6.70. The van der Waals surface area contributed by atoms with Crippen LogP contribution in [0.2, 0.25) is 0 Å². The Hall–Kier alpha value is -1.92. The molecule has 1 aliphatic heterocycles. The van der Waals surface area contributed by atoms with Crippen LogP contribution in [0.3, 0.4) is 0 Å². The molecule has 0 spiro atoms. The number of piperazine rings is 1. The van der Waals surface area contributed by atoms with Crippen molar-refractivity contribution in [2.75, 3.05) is 32.8 Å². The highest BCUT2D eigenvalue weighted by Crippen LogP contribution is 2.06. The summed E-state index contributed by atoms with van der Waals surface area (Å²) in [6.45, 7) is 4.07. The molecule has 0 saturated carbocycles. The Morgan fingerprint density at radius 2 is 1.65 bits per heavy atom. The van der Waals surface area contributed by atoms with Crippen molar-refractivity contribution in [2.45, 2.75) is 26.7 Å². The van der Waals surface area contributed by atoms with E-state index in [0.29, 0.717) is 6.54 Å². The van der Waals surface area contributed by atoms with Gasteiger partial charge < -0.3 is 14.5 Å². The maximum absolute atomic E-state index is 11.8. The second kappa shape index (κ2) is 7.62. The zero-order valence-corrected chi connectivity index (χ0v) is 11.9. The summed E-state index contributed by atoms with van der Waals surface area (Å²) in [6.07, 6.45) is 0.0258. The summed E-state index contributed by atoms with van der Waals surface area (Å²) < 4.78 is 4.72. The molecular formula is C13H20N2O5. The number of carbonyl (C=O) groups excluding carboxylic acids is 4. The third kappa shape index (κ3) is 4.64. The second-order valence-corrected chi connectivity index (χ2v) is 4.50. The van der Waals surface area contributed by atoms with Crippen molar-refractivity contribution in [1.29, 1.82) is 0 Å².